The van der Waals surface area contributed by atoms with Crippen molar-refractivity contribution in [1.29, 1.82) is 0 Å². The molecule has 100 valence electrons. The zero-order valence-corrected chi connectivity index (χ0v) is 11.8. The monoisotopic (exact) mass is 285 g/mol. The van der Waals surface area contributed by atoms with Gasteiger partial charge in [0.2, 0.25) is 6.20 Å². The van der Waals surface area contributed by atoms with Gasteiger partial charge in [0.15, 0.2) is 0 Å². The molecule has 0 bridgehead atoms. The number of nitrogens with zero attached hydrogens (tertiary/aromatic N) is 2. The minimum Gasteiger partial charge on any atom is -0.274 e. The Morgan fingerprint density at radius 3 is 3.00 bits per heavy atom. The van der Waals surface area contributed by atoms with Crippen molar-refractivity contribution in [3.8, 4) is 0 Å². The molecular weight excluding hydrogens is 272 g/mol. The summed E-state index contributed by atoms with van der Waals surface area (Å²) >= 11 is 5.93. The lowest BCUT2D eigenvalue weighted by Gasteiger charge is -2.03. The fraction of sp³-hybridized carbons (Fsp3) is 0.125. The van der Waals surface area contributed by atoms with Gasteiger partial charge in [0.05, 0.1) is 11.0 Å². The number of pyridine rings is 2. The highest BCUT2D eigenvalue weighted by atomic mass is 35.5. The summed E-state index contributed by atoms with van der Waals surface area (Å²) in [6, 6.07) is 3.88. The van der Waals surface area contributed by atoms with Gasteiger partial charge in [-0.25, -0.2) is 4.98 Å². The van der Waals surface area contributed by atoms with E-state index in [9.17, 15) is 0 Å². The highest BCUT2D eigenvalue weighted by Crippen LogP contribution is 2.21. The largest absolute Gasteiger partial charge is 0.274 e. The van der Waals surface area contributed by atoms with E-state index in [4.69, 9.17) is 16.4 Å². The molecule has 3 rings (SSSR count). The first-order chi connectivity index (χ1) is 9.78. The molecule has 1 aliphatic rings. The Morgan fingerprint density at radius 1 is 1.25 bits per heavy atom. The maximum atomic E-state index is 5.93. The van der Waals surface area contributed by atoms with Gasteiger partial charge in [-0.15, -0.1) is 0 Å². The van der Waals surface area contributed by atoms with E-state index in [1.54, 1.807) is 18.0 Å². The van der Waals surface area contributed by atoms with Crippen LogP contribution in [0.15, 0.2) is 54.9 Å². The third-order valence-electron chi connectivity index (χ3n) is 3.19. The molecule has 1 aliphatic carbocycles. The number of hydrogen-bond acceptors (Lipinski definition) is 2. The van der Waals surface area contributed by atoms with E-state index in [-0.39, 0.29) is 0 Å². The number of hydrogen-bond donors (Lipinski definition) is 0. The van der Waals surface area contributed by atoms with Gasteiger partial charge >= 0.3 is 0 Å². The smallest absolute Gasteiger partial charge is 0.265 e. The number of aromatic nitrogens is 2. The van der Waals surface area contributed by atoms with Crippen molar-refractivity contribution in [3.05, 3.63) is 65.8 Å². The summed E-state index contributed by atoms with van der Waals surface area (Å²) < 4.78 is 1.74. The van der Waals surface area contributed by atoms with Crippen LogP contribution in [0.25, 0.3) is 16.3 Å². The zero-order valence-electron chi connectivity index (χ0n) is 11.1. The van der Waals surface area contributed by atoms with Crippen LogP contribution in [0.3, 0.4) is 0 Å². The number of allylic oxidation sites excluding steroid dienone is 6. The minimum atomic E-state index is 0.476. The molecule has 0 saturated carbocycles. The summed E-state index contributed by atoms with van der Waals surface area (Å²) in [7, 11) is 1.65. The highest BCUT2D eigenvalue weighted by molar-refractivity contribution is 6.30. The Labute approximate surface area is 122 Å². The van der Waals surface area contributed by atoms with Gasteiger partial charge in [-0.2, -0.15) is 0 Å². The zero-order chi connectivity index (χ0) is 13.9. The summed E-state index contributed by atoms with van der Waals surface area (Å²) in [4.78, 5) is 9.57. The second kappa shape index (κ2) is 5.47. The summed E-state index contributed by atoms with van der Waals surface area (Å²) in [5.74, 6) is 0. The lowest BCUT2D eigenvalue weighted by molar-refractivity contribution is -0.886. The van der Waals surface area contributed by atoms with Gasteiger partial charge in [0.25, 0.3) is 5.69 Å². The summed E-state index contributed by atoms with van der Waals surface area (Å²) in [6.07, 6.45) is 15.1. The molecule has 0 fully saturated rings. The van der Waals surface area contributed by atoms with Gasteiger partial charge in [-0.1, -0.05) is 35.9 Å². The van der Waals surface area contributed by atoms with Crippen LogP contribution < -0.4 is 9.57 Å². The van der Waals surface area contributed by atoms with Crippen LogP contribution in [-0.2, 0) is 0 Å². The lowest BCUT2D eigenvalue weighted by Crippen LogP contribution is -2.43. The molecule has 0 aromatic carbocycles. The van der Waals surface area contributed by atoms with Crippen molar-refractivity contribution in [2.75, 3.05) is 7.11 Å². The molecule has 2 aromatic rings. The fourth-order valence-electron chi connectivity index (χ4n) is 2.21. The molecule has 0 atom stereocenters. The van der Waals surface area contributed by atoms with Crippen LogP contribution in [0.4, 0.5) is 0 Å². The first-order valence-corrected chi connectivity index (χ1v) is 6.75. The van der Waals surface area contributed by atoms with Gasteiger partial charge in [0.1, 0.15) is 12.3 Å². The number of fused-ring (bicyclic) bond motifs is 1. The van der Waals surface area contributed by atoms with E-state index in [1.165, 1.54) is 0 Å². The Balaban J connectivity index is 2.21. The van der Waals surface area contributed by atoms with E-state index in [0.29, 0.717) is 5.15 Å². The molecule has 0 saturated heterocycles. The molecule has 0 unspecified atom stereocenters. The molecule has 4 heteroatoms. The average Bonchev–Trinajstić information content (AvgIpc) is 2.74. The van der Waals surface area contributed by atoms with Crippen LogP contribution in [0.2, 0.25) is 5.15 Å². The fourth-order valence-corrected chi connectivity index (χ4v) is 2.37. The van der Waals surface area contributed by atoms with Crippen molar-refractivity contribution < 1.29 is 9.57 Å². The van der Waals surface area contributed by atoms with Crippen LogP contribution in [-0.4, -0.2) is 12.1 Å². The topological polar surface area (TPSA) is 26.0 Å². The molecule has 20 heavy (non-hydrogen) atoms. The van der Waals surface area contributed by atoms with Gasteiger partial charge < -0.3 is 0 Å². The van der Waals surface area contributed by atoms with Crippen LogP contribution in [0.5, 0.6) is 0 Å². The number of halogens is 1. The summed E-state index contributed by atoms with van der Waals surface area (Å²) in [5, 5.41) is 2.49. The molecule has 2 aromatic heterocycles. The van der Waals surface area contributed by atoms with Gasteiger partial charge in [-0.3, -0.25) is 4.84 Å². The van der Waals surface area contributed by atoms with Gasteiger partial charge in [0, 0.05) is 22.4 Å². The predicted molar refractivity (Wildman–Crippen MR) is 80.3 cm³/mol. The maximum Gasteiger partial charge on any atom is 0.265 e. The molecule has 3 nitrogen and oxygen atoms in total. The highest BCUT2D eigenvalue weighted by Gasteiger charge is 2.17. The first kappa shape index (κ1) is 12.9. The maximum absolute atomic E-state index is 5.93. The van der Waals surface area contributed by atoms with E-state index in [1.807, 2.05) is 12.3 Å². The van der Waals surface area contributed by atoms with E-state index in [2.05, 4.69) is 41.4 Å². The number of rotatable bonds is 2. The second-order valence-electron chi connectivity index (χ2n) is 4.49. The van der Waals surface area contributed by atoms with Crippen molar-refractivity contribution in [3.63, 3.8) is 0 Å². The normalized spacial score (nSPS) is 14.2. The predicted octanol–water partition coefficient (Wildman–Crippen LogP) is 3.13. The third-order valence-corrected chi connectivity index (χ3v) is 3.40. The summed E-state index contributed by atoms with van der Waals surface area (Å²) in [6.45, 7) is 0. The Morgan fingerprint density at radius 2 is 2.15 bits per heavy atom. The van der Waals surface area contributed by atoms with Crippen LogP contribution in [0.1, 0.15) is 12.1 Å². The molecule has 0 radical (unpaired) electrons. The molecule has 0 spiro atoms. The standard InChI is InChI=1S/C16H14ClN2O/c1-20-19-11-14-9-16(17)18-10-13(14)8-15(19)12-6-4-2-3-5-7-12/h2,4-11H,3H2,1H3/q+1. The summed E-state index contributed by atoms with van der Waals surface area (Å²) in [5.41, 5.74) is 2.07. The molecule has 2 heterocycles. The molecule has 0 amide bonds. The van der Waals surface area contributed by atoms with Crippen LogP contribution >= 0.6 is 11.6 Å². The van der Waals surface area contributed by atoms with Crippen molar-refractivity contribution in [1.82, 2.24) is 4.98 Å². The van der Waals surface area contributed by atoms with Crippen LogP contribution in [0, 0.1) is 0 Å². The minimum absolute atomic E-state index is 0.476. The SMILES string of the molecule is CO[n+]1cc2cc(Cl)ncc2cc1C1=CC=CCC=C1. The Hall–Kier alpha value is -2.13. The second-order valence-corrected chi connectivity index (χ2v) is 4.88. The van der Waals surface area contributed by atoms with Crippen molar-refractivity contribution in [2.45, 2.75) is 6.42 Å². The quantitative estimate of drug-likeness (QED) is 0.626. The molecular formula is C16H14ClN2O+. The Kier molecular flexibility index (Phi) is 3.52. The van der Waals surface area contributed by atoms with Crippen molar-refractivity contribution >= 4 is 27.9 Å². The van der Waals surface area contributed by atoms with E-state index in [0.717, 1.165) is 28.5 Å². The Bertz CT molecular complexity index is 747. The van der Waals surface area contributed by atoms with Gasteiger partial charge in [-0.05, 0) is 18.6 Å². The lowest BCUT2D eigenvalue weighted by atomic mass is 10.1. The van der Waals surface area contributed by atoms with Crippen molar-refractivity contribution in [2.24, 2.45) is 0 Å². The molecule has 0 aliphatic heterocycles. The molecule has 0 N–H and O–H groups in total. The first-order valence-electron chi connectivity index (χ1n) is 6.37. The third kappa shape index (κ3) is 2.45. The average molecular weight is 286 g/mol. The van der Waals surface area contributed by atoms with E-state index >= 15 is 0 Å². The van der Waals surface area contributed by atoms with E-state index < -0.39 is 0 Å².